The summed E-state index contributed by atoms with van der Waals surface area (Å²) in [5.41, 5.74) is 0. The topological polar surface area (TPSA) is 72.8 Å². The molecule has 1 aromatic heterocycles. The molecular weight excluding hydrogens is 339 g/mol. The van der Waals surface area contributed by atoms with E-state index in [4.69, 9.17) is 14.6 Å². The van der Waals surface area contributed by atoms with Crippen LogP contribution in [0.2, 0.25) is 0 Å². The van der Waals surface area contributed by atoms with Crippen molar-refractivity contribution in [3.05, 3.63) is 22.6 Å². The van der Waals surface area contributed by atoms with Gasteiger partial charge in [0.1, 0.15) is 0 Å². The number of benzene rings is 1. The SMILES string of the molecule is COc1cc2cc(C(=O)C[C@@H](C)C(=O)O)[se]c2cc1OC. The monoisotopic (exact) mass is 356 g/mol. The molecule has 0 aliphatic rings. The molecule has 0 saturated heterocycles. The second kappa shape index (κ2) is 6.33. The van der Waals surface area contributed by atoms with Crippen LogP contribution < -0.4 is 9.47 Å². The Balaban J connectivity index is 2.34. The molecule has 112 valence electrons. The van der Waals surface area contributed by atoms with Gasteiger partial charge in [0.25, 0.3) is 0 Å². The van der Waals surface area contributed by atoms with Gasteiger partial charge in [-0.15, -0.1) is 0 Å². The van der Waals surface area contributed by atoms with Gasteiger partial charge < -0.3 is 0 Å². The zero-order chi connectivity index (χ0) is 15.6. The minimum atomic E-state index is -0.949. The number of ether oxygens (including phenoxy) is 2. The summed E-state index contributed by atoms with van der Waals surface area (Å²) in [5, 5.41) is 9.83. The number of fused-ring (bicyclic) bond motifs is 1. The van der Waals surface area contributed by atoms with E-state index in [1.165, 1.54) is 0 Å². The van der Waals surface area contributed by atoms with E-state index in [9.17, 15) is 9.59 Å². The number of hydrogen-bond donors (Lipinski definition) is 1. The van der Waals surface area contributed by atoms with Crippen molar-refractivity contribution in [2.24, 2.45) is 5.92 Å². The Morgan fingerprint density at radius 2 is 1.81 bits per heavy atom. The van der Waals surface area contributed by atoms with E-state index < -0.39 is 11.9 Å². The number of Topliss-reactive ketones (excluding diaryl/α,β-unsaturated/α-hetero) is 1. The maximum absolute atomic E-state index is 12.2. The first-order valence-corrected chi connectivity index (χ1v) is 8.09. The van der Waals surface area contributed by atoms with E-state index >= 15 is 0 Å². The number of hydrogen-bond acceptors (Lipinski definition) is 4. The van der Waals surface area contributed by atoms with Gasteiger partial charge in [-0.3, -0.25) is 0 Å². The van der Waals surface area contributed by atoms with Crippen molar-refractivity contribution >= 4 is 35.9 Å². The number of carbonyl (C=O) groups is 2. The summed E-state index contributed by atoms with van der Waals surface area (Å²) in [4.78, 5) is 23.0. The number of ketones is 1. The van der Waals surface area contributed by atoms with Crippen molar-refractivity contribution < 1.29 is 24.2 Å². The average molecular weight is 355 g/mol. The van der Waals surface area contributed by atoms with E-state index in [1.807, 2.05) is 18.2 Å². The third kappa shape index (κ3) is 3.28. The first-order valence-electron chi connectivity index (χ1n) is 6.37. The van der Waals surface area contributed by atoms with Crippen LogP contribution in [-0.4, -0.2) is 45.6 Å². The molecule has 6 heteroatoms. The molecule has 2 rings (SSSR count). The zero-order valence-corrected chi connectivity index (χ0v) is 13.7. The van der Waals surface area contributed by atoms with E-state index in [0.29, 0.717) is 15.9 Å². The molecule has 0 unspecified atom stereocenters. The Kier molecular flexibility index (Phi) is 4.70. The van der Waals surface area contributed by atoms with Crippen LogP contribution in [0.15, 0.2) is 18.2 Å². The second-order valence-corrected chi connectivity index (χ2v) is 7.00. The molecule has 2 aromatic rings. The van der Waals surface area contributed by atoms with Crippen LogP contribution in [-0.2, 0) is 4.79 Å². The molecule has 0 bridgehead atoms. The summed E-state index contributed by atoms with van der Waals surface area (Å²) in [6.45, 7) is 1.54. The Labute approximate surface area is 128 Å². The Bertz CT molecular complexity index is 648. The van der Waals surface area contributed by atoms with Crippen LogP contribution in [0.5, 0.6) is 11.5 Å². The van der Waals surface area contributed by atoms with Gasteiger partial charge in [-0.05, 0) is 0 Å². The van der Waals surface area contributed by atoms with Crippen molar-refractivity contribution in [3.63, 3.8) is 0 Å². The zero-order valence-electron chi connectivity index (χ0n) is 12.0. The molecule has 0 fully saturated rings. The van der Waals surface area contributed by atoms with Crippen molar-refractivity contribution in [3.8, 4) is 11.5 Å². The average Bonchev–Trinajstić information content (AvgIpc) is 2.88. The predicted octanol–water partition coefficient (Wildman–Crippen LogP) is 2.21. The van der Waals surface area contributed by atoms with E-state index in [1.54, 1.807) is 21.1 Å². The first kappa shape index (κ1) is 15.6. The fourth-order valence-corrected chi connectivity index (χ4v) is 4.11. The standard InChI is InChI=1S/C15H16O5Se/c1-8(15(17)18)4-10(16)14-6-9-5-11(19-2)12(20-3)7-13(9)21-14/h5-8H,4H2,1-3H3,(H,17,18)/t8-/m1/s1. The molecule has 0 saturated carbocycles. The molecule has 1 N–H and O–H groups in total. The Morgan fingerprint density at radius 1 is 1.19 bits per heavy atom. The maximum atomic E-state index is 12.2. The van der Waals surface area contributed by atoms with Crippen LogP contribution in [0.3, 0.4) is 0 Å². The molecule has 21 heavy (non-hydrogen) atoms. The van der Waals surface area contributed by atoms with Gasteiger partial charge >= 0.3 is 128 Å². The number of carboxylic acids is 1. The molecule has 0 amide bonds. The van der Waals surface area contributed by atoms with Gasteiger partial charge in [0.05, 0.1) is 0 Å². The van der Waals surface area contributed by atoms with Crippen molar-refractivity contribution in [2.75, 3.05) is 14.2 Å². The van der Waals surface area contributed by atoms with Gasteiger partial charge in [-0.25, -0.2) is 0 Å². The number of carboxylic acid groups (broad SMARTS) is 1. The summed E-state index contributed by atoms with van der Waals surface area (Å²) < 4.78 is 12.2. The van der Waals surface area contributed by atoms with Gasteiger partial charge in [0.15, 0.2) is 0 Å². The van der Waals surface area contributed by atoms with Crippen molar-refractivity contribution in [1.29, 1.82) is 0 Å². The van der Waals surface area contributed by atoms with Crippen molar-refractivity contribution in [1.82, 2.24) is 0 Å². The normalized spacial score (nSPS) is 12.1. The summed E-state index contributed by atoms with van der Waals surface area (Å²) in [7, 11) is 3.13. The number of methoxy groups -OCH3 is 2. The van der Waals surface area contributed by atoms with Crippen LogP contribution in [0.25, 0.3) is 9.65 Å². The minimum absolute atomic E-state index is 0.0329. The quantitative estimate of drug-likeness (QED) is 0.635. The second-order valence-electron chi connectivity index (χ2n) is 4.72. The summed E-state index contributed by atoms with van der Waals surface area (Å²) in [6, 6.07) is 5.55. The Morgan fingerprint density at radius 3 is 2.38 bits per heavy atom. The van der Waals surface area contributed by atoms with Gasteiger partial charge in [0.2, 0.25) is 0 Å². The molecule has 5 nitrogen and oxygen atoms in total. The number of carbonyl (C=O) groups excluding carboxylic acids is 1. The summed E-state index contributed by atoms with van der Waals surface area (Å²) >= 11 is -0.121. The van der Waals surface area contributed by atoms with Crippen LogP contribution in [0.1, 0.15) is 22.6 Å². The fourth-order valence-electron chi connectivity index (χ4n) is 1.97. The third-order valence-corrected chi connectivity index (χ3v) is 5.60. The molecule has 0 spiro atoms. The van der Waals surface area contributed by atoms with Gasteiger partial charge in [0, 0.05) is 0 Å². The first-order chi connectivity index (χ1) is 9.96. The van der Waals surface area contributed by atoms with Crippen LogP contribution >= 0.6 is 0 Å². The summed E-state index contributed by atoms with van der Waals surface area (Å²) in [6.07, 6.45) is 0.0329. The molecule has 1 atom stereocenters. The molecule has 0 aliphatic heterocycles. The van der Waals surface area contributed by atoms with Gasteiger partial charge in [-0.1, -0.05) is 0 Å². The van der Waals surface area contributed by atoms with E-state index in [0.717, 1.165) is 9.65 Å². The summed E-state index contributed by atoms with van der Waals surface area (Å²) in [5.74, 6) is -0.452. The van der Waals surface area contributed by atoms with Crippen LogP contribution in [0, 0.1) is 5.92 Å². The fraction of sp³-hybridized carbons (Fsp3) is 0.333. The van der Waals surface area contributed by atoms with E-state index in [-0.39, 0.29) is 26.7 Å². The van der Waals surface area contributed by atoms with E-state index in [2.05, 4.69) is 0 Å². The number of aliphatic carboxylic acids is 1. The predicted molar refractivity (Wildman–Crippen MR) is 79.7 cm³/mol. The van der Waals surface area contributed by atoms with Gasteiger partial charge in [-0.2, -0.15) is 0 Å². The molecule has 1 aromatic carbocycles. The number of rotatable bonds is 6. The van der Waals surface area contributed by atoms with Crippen molar-refractivity contribution in [2.45, 2.75) is 13.3 Å². The third-order valence-electron chi connectivity index (χ3n) is 3.21. The van der Waals surface area contributed by atoms with Crippen LogP contribution in [0.4, 0.5) is 0 Å². The molecular formula is C15H16O5Se. The Hall–Kier alpha value is -1.78. The molecule has 0 radical (unpaired) electrons. The molecule has 1 heterocycles. The molecule has 0 aliphatic carbocycles.